The van der Waals surface area contributed by atoms with E-state index < -0.39 is 0 Å². The monoisotopic (exact) mass is 325 g/mol. The van der Waals surface area contributed by atoms with Gasteiger partial charge in [-0.1, -0.05) is 11.6 Å². The highest BCUT2D eigenvalue weighted by atomic mass is 35.5. The van der Waals surface area contributed by atoms with Crippen LogP contribution in [0.1, 0.15) is 17.7 Å². The van der Waals surface area contributed by atoms with Crippen LogP contribution in [0.2, 0.25) is 5.15 Å². The number of hydrogen-bond acceptors (Lipinski definition) is 5. The molecule has 0 amide bonds. The van der Waals surface area contributed by atoms with Crippen LogP contribution in [0.3, 0.4) is 0 Å². The van der Waals surface area contributed by atoms with E-state index in [4.69, 9.17) is 21.6 Å². The molecular weight excluding hydrogens is 302 g/mol. The molecule has 1 aromatic rings. The van der Waals surface area contributed by atoms with E-state index in [1.165, 1.54) is 0 Å². The van der Waals surface area contributed by atoms with Crippen molar-refractivity contribution in [3.8, 4) is 6.07 Å². The molecule has 0 unspecified atom stereocenters. The number of aromatic nitrogens is 2. The number of hydrogen-bond donors (Lipinski definition) is 0. The van der Waals surface area contributed by atoms with Crippen molar-refractivity contribution in [2.24, 2.45) is 7.05 Å². The summed E-state index contributed by atoms with van der Waals surface area (Å²) in [4.78, 5) is 4.69. The highest BCUT2D eigenvalue weighted by Gasteiger charge is 2.17. The summed E-state index contributed by atoms with van der Waals surface area (Å²) < 4.78 is 7.08. The Morgan fingerprint density at radius 2 is 2.09 bits per heavy atom. The molecule has 1 aliphatic heterocycles. The molecule has 6 nitrogen and oxygen atoms in total. The lowest BCUT2D eigenvalue weighted by molar-refractivity contribution is 0.0330. The van der Waals surface area contributed by atoms with Gasteiger partial charge in [0.1, 0.15) is 5.15 Å². The number of halogens is 1. The van der Waals surface area contributed by atoms with Crippen LogP contribution in [-0.2, 0) is 18.3 Å². The number of rotatable bonds is 7. The first-order valence-corrected chi connectivity index (χ1v) is 8.07. The van der Waals surface area contributed by atoms with Crippen LogP contribution in [0, 0.1) is 18.3 Å². The molecule has 2 heterocycles. The van der Waals surface area contributed by atoms with Crippen molar-refractivity contribution in [1.82, 2.24) is 19.6 Å². The molecule has 0 N–H and O–H groups in total. The van der Waals surface area contributed by atoms with Crippen LogP contribution in [0.5, 0.6) is 0 Å². The summed E-state index contributed by atoms with van der Waals surface area (Å²) in [5.74, 6) is 0. The first kappa shape index (κ1) is 17.2. The first-order valence-electron chi connectivity index (χ1n) is 7.69. The Kier molecular flexibility index (Phi) is 6.65. The maximum Gasteiger partial charge on any atom is 0.131 e. The van der Waals surface area contributed by atoms with Gasteiger partial charge in [0.15, 0.2) is 0 Å². The van der Waals surface area contributed by atoms with E-state index in [1.807, 2.05) is 14.0 Å². The molecule has 0 atom stereocenters. The summed E-state index contributed by atoms with van der Waals surface area (Å²) in [5.41, 5.74) is 2.02. The lowest BCUT2D eigenvalue weighted by Gasteiger charge is -2.29. The largest absolute Gasteiger partial charge is 0.379 e. The minimum absolute atomic E-state index is 0.528. The molecule has 0 spiro atoms. The van der Waals surface area contributed by atoms with Crippen molar-refractivity contribution in [2.75, 3.05) is 45.9 Å². The van der Waals surface area contributed by atoms with Crippen LogP contribution >= 0.6 is 11.6 Å². The number of morpholine rings is 1. The Hall–Kier alpha value is -1.13. The molecule has 0 aliphatic carbocycles. The van der Waals surface area contributed by atoms with Gasteiger partial charge in [0.2, 0.25) is 0 Å². The number of nitriles is 1. The van der Waals surface area contributed by atoms with Crippen molar-refractivity contribution in [3.63, 3.8) is 0 Å². The molecule has 22 heavy (non-hydrogen) atoms. The van der Waals surface area contributed by atoms with E-state index in [0.717, 1.165) is 63.7 Å². The zero-order valence-corrected chi connectivity index (χ0v) is 14.1. The van der Waals surface area contributed by atoms with E-state index in [1.54, 1.807) is 4.68 Å². The molecule has 0 saturated carbocycles. The second-order valence-electron chi connectivity index (χ2n) is 5.62. The van der Waals surface area contributed by atoms with Crippen LogP contribution in [-0.4, -0.2) is 65.5 Å². The van der Waals surface area contributed by atoms with Crippen LogP contribution in [0.25, 0.3) is 0 Å². The number of ether oxygens (including phenoxy) is 1. The van der Waals surface area contributed by atoms with Gasteiger partial charge in [0.05, 0.1) is 25.0 Å². The van der Waals surface area contributed by atoms with Crippen molar-refractivity contribution in [2.45, 2.75) is 19.9 Å². The van der Waals surface area contributed by atoms with E-state index >= 15 is 0 Å². The predicted octanol–water partition coefficient (Wildman–Crippen LogP) is 1.43. The lowest BCUT2D eigenvalue weighted by atomic mass is 10.2. The fraction of sp³-hybridized carbons (Fsp3) is 0.733. The summed E-state index contributed by atoms with van der Waals surface area (Å²) in [6, 6.07) is 2.23. The summed E-state index contributed by atoms with van der Waals surface area (Å²) in [7, 11) is 1.85. The number of aryl methyl sites for hydroxylation is 2. The van der Waals surface area contributed by atoms with E-state index in [0.29, 0.717) is 11.6 Å². The van der Waals surface area contributed by atoms with Gasteiger partial charge in [-0.2, -0.15) is 10.4 Å². The molecule has 2 rings (SSSR count). The van der Waals surface area contributed by atoms with Crippen molar-refractivity contribution < 1.29 is 4.74 Å². The Morgan fingerprint density at radius 3 is 2.68 bits per heavy atom. The predicted molar refractivity (Wildman–Crippen MR) is 85.7 cm³/mol. The third-order valence-electron chi connectivity index (χ3n) is 4.03. The van der Waals surface area contributed by atoms with E-state index in [2.05, 4.69) is 21.0 Å². The zero-order valence-electron chi connectivity index (χ0n) is 13.4. The summed E-state index contributed by atoms with van der Waals surface area (Å²) >= 11 is 6.32. The van der Waals surface area contributed by atoms with Crippen molar-refractivity contribution in [3.05, 3.63) is 16.4 Å². The quantitative estimate of drug-likeness (QED) is 0.759. The van der Waals surface area contributed by atoms with Crippen LogP contribution < -0.4 is 0 Å². The Labute approximate surface area is 137 Å². The maximum absolute atomic E-state index is 8.87. The van der Waals surface area contributed by atoms with Gasteiger partial charge in [-0.15, -0.1) is 0 Å². The minimum atomic E-state index is 0.528. The molecule has 0 bridgehead atoms. The van der Waals surface area contributed by atoms with Gasteiger partial charge in [-0.05, 0) is 6.92 Å². The topological polar surface area (TPSA) is 57.3 Å². The average molecular weight is 326 g/mol. The van der Waals surface area contributed by atoms with Crippen molar-refractivity contribution in [1.29, 1.82) is 5.26 Å². The van der Waals surface area contributed by atoms with Gasteiger partial charge >= 0.3 is 0 Å². The van der Waals surface area contributed by atoms with Crippen LogP contribution in [0.4, 0.5) is 0 Å². The fourth-order valence-electron chi connectivity index (χ4n) is 2.66. The SMILES string of the molecule is Cc1nn(C)c(Cl)c1CN(CCC#N)CCN1CCOCC1. The molecule has 1 fully saturated rings. The molecule has 122 valence electrons. The normalized spacial score (nSPS) is 16.1. The third-order valence-corrected chi connectivity index (χ3v) is 4.50. The van der Waals surface area contributed by atoms with Crippen LogP contribution in [0.15, 0.2) is 0 Å². The molecule has 0 aromatic carbocycles. The van der Waals surface area contributed by atoms with Gasteiger partial charge in [0.25, 0.3) is 0 Å². The molecule has 1 aliphatic rings. The van der Waals surface area contributed by atoms with Gasteiger partial charge in [-0.3, -0.25) is 14.5 Å². The summed E-state index contributed by atoms with van der Waals surface area (Å²) in [6.07, 6.45) is 0.528. The second kappa shape index (κ2) is 8.49. The van der Waals surface area contributed by atoms with E-state index in [-0.39, 0.29) is 0 Å². The Morgan fingerprint density at radius 1 is 1.36 bits per heavy atom. The molecule has 7 heteroatoms. The lowest BCUT2D eigenvalue weighted by Crippen LogP contribution is -2.41. The smallest absolute Gasteiger partial charge is 0.131 e. The molecular formula is C15H24ClN5O. The highest BCUT2D eigenvalue weighted by molar-refractivity contribution is 6.30. The number of nitrogens with zero attached hydrogens (tertiary/aromatic N) is 5. The summed E-state index contributed by atoms with van der Waals surface area (Å²) in [5, 5.41) is 13.9. The zero-order chi connectivity index (χ0) is 15.9. The molecule has 0 radical (unpaired) electrons. The fourth-order valence-corrected chi connectivity index (χ4v) is 2.90. The average Bonchev–Trinajstić information content (AvgIpc) is 2.77. The van der Waals surface area contributed by atoms with Crippen molar-refractivity contribution >= 4 is 11.6 Å². The Balaban J connectivity index is 1.94. The highest BCUT2D eigenvalue weighted by Crippen LogP contribution is 2.20. The first-order chi connectivity index (χ1) is 10.6. The third kappa shape index (κ3) is 4.68. The Bertz CT molecular complexity index is 519. The van der Waals surface area contributed by atoms with E-state index in [9.17, 15) is 0 Å². The molecule has 1 saturated heterocycles. The van der Waals surface area contributed by atoms with Gasteiger partial charge in [0, 0.05) is 58.3 Å². The minimum Gasteiger partial charge on any atom is -0.379 e. The summed E-state index contributed by atoms with van der Waals surface area (Å²) in [6.45, 7) is 8.98. The molecule has 1 aromatic heterocycles. The maximum atomic E-state index is 8.87. The second-order valence-corrected chi connectivity index (χ2v) is 5.97. The standard InChI is InChI=1S/C15H24ClN5O/c1-13-14(15(16)19(2)18-13)12-21(5-3-4-17)7-6-20-8-10-22-11-9-20/h3,5-12H2,1-2H3. The van der Waals surface area contributed by atoms with Gasteiger partial charge < -0.3 is 4.74 Å². The van der Waals surface area contributed by atoms with Gasteiger partial charge in [-0.25, -0.2) is 0 Å².